The standard InChI is InChI=1S/C13H18N2O/c1-13(2,16)7-9-15-8-6-10-4-3-5-11(14)12(10)15/h3-6,8,16H,7,9,14H2,1-2H3. The Balaban J connectivity index is 2.32. The number of fused-ring (bicyclic) bond motifs is 1. The summed E-state index contributed by atoms with van der Waals surface area (Å²) in [6.45, 7) is 4.42. The van der Waals surface area contributed by atoms with Gasteiger partial charge in [0.05, 0.1) is 16.8 Å². The summed E-state index contributed by atoms with van der Waals surface area (Å²) in [7, 11) is 0. The minimum Gasteiger partial charge on any atom is -0.397 e. The molecule has 86 valence electrons. The fourth-order valence-electron chi connectivity index (χ4n) is 1.87. The summed E-state index contributed by atoms with van der Waals surface area (Å²) in [6, 6.07) is 7.96. The zero-order valence-electron chi connectivity index (χ0n) is 9.77. The van der Waals surface area contributed by atoms with Gasteiger partial charge in [-0.3, -0.25) is 0 Å². The number of nitrogens with zero attached hydrogens (tertiary/aromatic N) is 1. The molecule has 3 N–H and O–H groups in total. The van der Waals surface area contributed by atoms with Gasteiger partial charge in [-0.05, 0) is 32.4 Å². The van der Waals surface area contributed by atoms with Gasteiger partial charge in [0.1, 0.15) is 0 Å². The Morgan fingerprint density at radius 1 is 1.31 bits per heavy atom. The van der Waals surface area contributed by atoms with E-state index in [1.54, 1.807) is 0 Å². The van der Waals surface area contributed by atoms with E-state index in [4.69, 9.17) is 5.73 Å². The summed E-state index contributed by atoms with van der Waals surface area (Å²) in [5.74, 6) is 0. The molecule has 0 atom stereocenters. The van der Waals surface area contributed by atoms with Crippen LogP contribution < -0.4 is 5.73 Å². The molecule has 1 aromatic carbocycles. The van der Waals surface area contributed by atoms with Crippen LogP contribution in [0.2, 0.25) is 0 Å². The van der Waals surface area contributed by atoms with Crippen molar-refractivity contribution in [3.8, 4) is 0 Å². The Kier molecular flexibility index (Phi) is 2.64. The number of hydrogen-bond donors (Lipinski definition) is 2. The van der Waals surface area contributed by atoms with Crippen molar-refractivity contribution in [1.29, 1.82) is 0 Å². The zero-order chi connectivity index (χ0) is 11.8. The molecule has 0 saturated carbocycles. The maximum atomic E-state index is 9.71. The Bertz CT molecular complexity index is 494. The first-order valence-electron chi connectivity index (χ1n) is 5.53. The van der Waals surface area contributed by atoms with Crippen LogP contribution in [0, 0.1) is 0 Å². The monoisotopic (exact) mass is 218 g/mol. The van der Waals surface area contributed by atoms with Crippen LogP contribution in [0.4, 0.5) is 5.69 Å². The lowest BCUT2D eigenvalue weighted by Crippen LogP contribution is -2.20. The Morgan fingerprint density at radius 3 is 2.75 bits per heavy atom. The van der Waals surface area contributed by atoms with E-state index in [2.05, 4.69) is 10.6 Å². The Labute approximate surface area is 95.5 Å². The predicted molar refractivity (Wildman–Crippen MR) is 67.3 cm³/mol. The number of aromatic nitrogens is 1. The molecule has 0 spiro atoms. The van der Waals surface area contributed by atoms with Crippen LogP contribution in [0.25, 0.3) is 10.9 Å². The minimum atomic E-state index is -0.639. The average molecular weight is 218 g/mol. The van der Waals surface area contributed by atoms with Gasteiger partial charge in [0.15, 0.2) is 0 Å². The molecule has 16 heavy (non-hydrogen) atoms. The van der Waals surface area contributed by atoms with Crippen LogP contribution in [0.1, 0.15) is 20.3 Å². The third-order valence-corrected chi connectivity index (χ3v) is 2.78. The highest BCUT2D eigenvalue weighted by Gasteiger charge is 2.13. The van der Waals surface area contributed by atoms with Gasteiger partial charge in [-0.1, -0.05) is 12.1 Å². The van der Waals surface area contributed by atoms with Gasteiger partial charge in [-0.25, -0.2) is 0 Å². The molecule has 0 amide bonds. The topological polar surface area (TPSA) is 51.2 Å². The first-order valence-corrected chi connectivity index (χ1v) is 5.53. The molecule has 3 heteroatoms. The minimum absolute atomic E-state index is 0.639. The summed E-state index contributed by atoms with van der Waals surface area (Å²) in [6.07, 6.45) is 2.73. The third kappa shape index (κ3) is 2.19. The molecule has 3 nitrogen and oxygen atoms in total. The highest BCUT2D eigenvalue weighted by atomic mass is 16.3. The van der Waals surface area contributed by atoms with Crippen molar-refractivity contribution in [3.63, 3.8) is 0 Å². The van der Waals surface area contributed by atoms with Crippen molar-refractivity contribution in [2.45, 2.75) is 32.4 Å². The molecular weight excluding hydrogens is 200 g/mol. The molecule has 0 bridgehead atoms. The average Bonchev–Trinajstić information content (AvgIpc) is 2.58. The molecular formula is C13H18N2O. The first-order chi connectivity index (χ1) is 7.47. The van der Waals surface area contributed by atoms with E-state index in [0.29, 0.717) is 6.42 Å². The Morgan fingerprint density at radius 2 is 2.06 bits per heavy atom. The SMILES string of the molecule is CC(C)(O)CCn1ccc2cccc(N)c21. The van der Waals surface area contributed by atoms with Gasteiger partial charge in [0.25, 0.3) is 0 Å². The summed E-state index contributed by atoms with van der Waals surface area (Å²) >= 11 is 0. The number of rotatable bonds is 3. The lowest BCUT2D eigenvalue weighted by Gasteiger charge is -2.17. The number of para-hydroxylation sites is 1. The lowest BCUT2D eigenvalue weighted by molar-refractivity contribution is 0.0666. The van der Waals surface area contributed by atoms with Crippen molar-refractivity contribution in [3.05, 3.63) is 30.5 Å². The summed E-state index contributed by atoms with van der Waals surface area (Å²) < 4.78 is 2.10. The van der Waals surface area contributed by atoms with E-state index in [9.17, 15) is 5.11 Å². The predicted octanol–water partition coefficient (Wildman–Crippen LogP) is 2.38. The quantitative estimate of drug-likeness (QED) is 0.777. The zero-order valence-corrected chi connectivity index (χ0v) is 9.77. The molecule has 0 aliphatic heterocycles. The van der Waals surface area contributed by atoms with Crippen LogP contribution in [-0.4, -0.2) is 15.3 Å². The van der Waals surface area contributed by atoms with Crippen LogP contribution in [0.15, 0.2) is 30.5 Å². The van der Waals surface area contributed by atoms with Crippen molar-refractivity contribution < 1.29 is 5.11 Å². The van der Waals surface area contributed by atoms with E-state index in [1.807, 2.05) is 38.2 Å². The van der Waals surface area contributed by atoms with E-state index >= 15 is 0 Å². The molecule has 0 aliphatic carbocycles. The number of aliphatic hydroxyl groups is 1. The smallest absolute Gasteiger partial charge is 0.0713 e. The highest BCUT2D eigenvalue weighted by Crippen LogP contribution is 2.23. The molecule has 2 rings (SSSR count). The Hall–Kier alpha value is -1.48. The second kappa shape index (κ2) is 3.83. The van der Waals surface area contributed by atoms with Crippen LogP contribution >= 0.6 is 0 Å². The summed E-state index contributed by atoms with van der Waals surface area (Å²) in [5.41, 5.74) is 7.17. The molecule has 0 aliphatic rings. The van der Waals surface area contributed by atoms with Crippen LogP contribution in [-0.2, 0) is 6.54 Å². The van der Waals surface area contributed by atoms with Gasteiger partial charge in [-0.15, -0.1) is 0 Å². The molecule has 0 unspecified atom stereocenters. The largest absolute Gasteiger partial charge is 0.397 e. The molecule has 0 saturated heterocycles. The van der Waals surface area contributed by atoms with E-state index in [0.717, 1.165) is 23.1 Å². The molecule has 0 fully saturated rings. The molecule has 1 aromatic heterocycles. The summed E-state index contributed by atoms with van der Waals surface area (Å²) in [4.78, 5) is 0. The van der Waals surface area contributed by atoms with Gasteiger partial charge >= 0.3 is 0 Å². The van der Waals surface area contributed by atoms with E-state index in [1.165, 1.54) is 0 Å². The third-order valence-electron chi connectivity index (χ3n) is 2.78. The second-order valence-corrected chi connectivity index (χ2v) is 4.86. The first kappa shape index (κ1) is 11.0. The molecule has 1 heterocycles. The van der Waals surface area contributed by atoms with Crippen LogP contribution in [0.3, 0.4) is 0 Å². The molecule has 0 radical (unpaired) electrons. The van der Waals surface area contributed by atoms with Gasteiger partial charge in [0.2, 0.25) is 0 Å². The van der Waals surface area contributed by atoms with Crippen molar-refractivity contribution in [1.82, 2.24) is 4.57 Å². The highest BCUT2D eigenvalue weighted by molar-refractivity contribution is 5.90. The number of anilines is 1. The number of benzene rings is 1. The van der Waals surface area contributed by atoms with Crippen LogP contribution in [0.5, 0.6) is 0 Å². The van der Waals surface area contributed by atoms with Gasteiger partial charge < -0.3 is 15.4 Å². The maximum absolute atomic E-state index is 9.71. The normalized spacial score (nSPS) is 12.2. The van der Waals surface area contributed by atoms with E-state index < -0.39 is 5.60 Å². The lowest BCUT2D eigenvalue weighted by atomic mass is 10.1. The molecule has 2 aromatic rings. The number of aryl methyl sites for hydroxylation is 1. The number of nitrogen functional groups attached to an aromatic ring is 1. The number of nitrogens with two attached hydrogens (primary N) is 1. The van der Waals surface area contributed by atoms with Crippen molar-refractivity contribution >= 4 is 16.6 Å². The van der Waals surface area contributed by atoms with Crippen molar-refractivity contribution in [2.75, 3.05) is 5.73 Å². The number of hydrogen-bond acceptors (Lipinski definition) is 2. The van der Waals surface area contributed by atoms with Crippen molar-refractivity contribution in [2.24, 2.45) is 0 Å². The van der Waals surface area contributed by atoms with Gasteiger partial charge in [-0.2, -0.15) is 0 Å². The van der Waals surface area contributed by atoms with E-state index in [-0.39, 0.29) is 0 Å². The summed E-state index contributed by atoms with van der Waals surface area (Å²) in [5, 5.41) is 10.9. The fraction of sp³-hybridized carbons (Fsp3) is 0.385. The second-order valence-electron chi connectivity index (χ2n) is 4.86. The fourth-order valence-corrected chi connectivity index (χ4v) is 1.87. The van der Waals surface area contributed by atoms with Gasteiger partial charge in [0, 0.05) is 18.1 Å². The maximum Gasteiger partial charge on any atom is 0.0713 e.